The van der Waals surface area contributed by atoms with Crippen LogP contribution in [0.5, 0.6) is 0 Å². The summed E-state index contributed by atoms with van der Waals surface area (Å²) in [5, 5.41) is 4.27. The van der Waals surface area contributed by atoms with Gasteiger partial charge in [0.25, 0.3) is 0 Å². The molecule has 0 atom stereocenters. The van der Waals surface area contributed by atoms with Crippen molar-refractivity contribution in [2.24, 2.45) is 0 Å². The summed E-state index contributed by atoms with van der Waals surface area (Å²) in [6, 6.07) is 28.3. The Bertz CT molecular complexity index is 2060. The van der Waals surface area contributed by atoms with Gasteiger partial charge in [-0.1, -0.05) is 48.5 Å². The molecule has 0 bridgehead atoms. The maximum absolute atomic E-state index is 12.1. The molecule has 0 unspecified atom stereocenters. The molecule has 0 spiro atoms. The van der Waals surface area contributed by atoms with E-state index in [1.165, 1.54) is 0 Å². The van der Waals surface area contributed by atoms with Crippen molar-refractivity contribution in [3.63, 3.8) is 0 Å². The Balaban J connectivity index is 1.10. The molecule has 2 heterocycles. The highest BCUT2D eigenvalue weighted by molar-refractivity contribution is 6.09. The van der Waals surface area contributed by atoms with E-state index >= 15 is 0 Å². The number of hydrogen-bond donors (Lipinski definition) is 0. The zero-order valence-electron chi connectivity index (χ0n) is 28.7. The minimum absolute atomic E-state index is 0.0610. The monoisotopic (exact) mass is 692 g/mol. The summed E-state index contributed by atoms with van der Waals surface area (Å²) in [6.45, 7) is 6.21. The van der Waals surface area contributed by atoms with E-state index in [4.69, 9.17) is 23.7 Å². The number of para-hydroxylation sites is 2. The van der Waals surface area contributed by atoms with Crippen LogP contribution in [-0.4, -0.2) is 59.4 Å². The van der Waals surface area contributed by atoms with Gasteiger partial charge < -0.3 is 32.8 Å². The average Bonchev–Trinajstić information content (AvgIpc) is 3.61. The van der Waals surface area contributed by atoms with Crippen LogP contribution in [-0.2, 0) is 69.2 Å². The molecular weight excluding hydrogens is 652 g/mol. The Morgan fingerprint density at radius 1 is 0.490 bits per heavy atom. The second kappa shape index (κ2) is 16.4. The van der Waals surface area contributed by atoms with Crippen LogP contribution in [0.2, 0.25) is 0 Å². The number of rotatable bonds is 16. The van der Waals surface area contributed by atoms with Gasteiger partial charge in [-0.25, -0.2) is 0 Å². The highest BCUT2D eigenvalue weighted by Gasteiger charge is 2.16. The highest BCUT2D eigenvalue weighted by Crippen LogP contribution is 2.31. The van der Waals surface area contributed by atoms with Gasteiger partial charge in [0.05, 0.1) is 26.4 Å². The average molecular weight is 693 g/mol. The lowest BCUT2D eigenvalue weighted by Crippen LogP contribution is -2.13. The van der Waals surface area contributed by atoms with Gasteiger partial charge in [0.2, 0.25) is 0 Å². The van der Waals surface area contributed by atoms with Crippen LogP contribution in [0.15, 0.2) is 84.9 Å². The van der Waals surface area contributed by atoms with Crippen LogP contribution in [0.3, 0.4) is 0 Å². The molecule has 11 heteroatoms. The fraction of sp³-hybridized carbons (Fsp3) is 0.300. The zero-order valence-corrected chi connectivity index (χ0v) is 28.7. The summed E-state index contributed by atoms with van der Waals surface area (Å²) in [5.74, 6) is -2.44. The molecule has 0 fully saturated rings. The minimum atomic E-state index is -0.620. The Hall–Kier alpha value is -5.68. The third-order valence-corrected chi connectivity index (χ3v) is 8.58. The number of nitrogens with zero attached hydrogens (tertiary/aromatic N) is 2. The molecule has 0 saturated heterocycles. The molecule has 4 aromatic carbocycles. The molecule has 6 rings (SSSR count). The fourth-order valence-electron chi connectivity index (χ4n) is 6.37. The molecule has 264 valence electrons. The maximum atomic E-state index is 12.1. The Morgan fingerprint density at radius 2 is 0.882 bits per heavy atom. The van der Waals surface area contributed by atoms with Crippen molar-refractivity contribution >= 4 is 67.5 Å². The van der Waals surface area contributed by atoms with Crippen LogP contribution >= 0.6 is 0 Å². The molecule has 51 heavy (non-hydrogen) atoms. The van der Waals surface area contributed by atoms with Crippen molar-refractivity contribution in [2.75, 3.05) is 26.4 Å². The second-order valence-corrected chi connectivity index (χ2v) is 11.9. The normalized spacial score (nSPS) is 11.3. The molecule has 0 saturated carbocycles. The number of carbonyl (C=O) groups is 4. The number of ether oxygens (including phenoxy) is 5. The van der Waals surface area contributed by atoms with Gasteiger partial charge in [0.1, 0.15) is 26.1 Å². The van der Waals surface area contributed by atoms with E-state index in [-0.39, 0.29) is 26.4 Å². The lowest BCUT2D eigenvalue weighted by Gasteiger charge is -2.11. The highest BCUT2D eigenvalue weighted by atomic mass is 16.6. The first-order valence-electron chi connectivity index (χ1n) is 17.1. The summed E-state index contributed by atoms with van der Waals surface area (Å²) in [4.78, 5) is 47.4. The van der Waals surface area contributed by atoms with Crippen molar-refractivity contribution in [1.82, 2.24) is 9.13 Å². The van der Waals surface area contributed by atoms with Crippen LogP contribution in [0.25, 0.3) is 43.6 Å². The van der Waals surface area contributed by atoms with Crippen molar-refractivity contribution in [3.05, 3.63) is 96.1 Å². The predicted octanol–water partition coefficient (Wildman–Crippen LogP) is 6.61. The van der Waals surface area contributed by atoms with Gasteiger partial charge in [0.15, 0.2) is 0 Å². The Labute approximate surface area is 294 Å². The summed E-state index contributed by atoms with van der Waals surface area (Å²) in [7, 11) is 0. The molecule has 0 radical (unpaired) electrons. The number of benzene rings is 4. The third kappa shape index (κ3) is 8.21. The van der Waals surface area contributed by atoms with E-state index in [1.54, 1.807) is 13.8 Å². The van der Waals surface area contributed by atoms with Crippen LogP contribution in [0, 0.1) is 0 Å². The van der Waals surface area contributed by atoms with Gasteiger partial charge in [0, 0.05) is 56.7 Å². The largest absolute Gasteiger partial charge is 0.466 e. The molecule has 11 nitrogen and oxygen atoms in total. The van der Waals surface area contributed by atoms with Gasteiger partial charge in [-0.15, -0.1) is 0 Å². The van der Waals surface area contributed by atoms with Crippen molar-refractivity contribution in [1.29, 1.82) is 0 Å². The van der Waals surface area contributed by atoms with E-state index < -0.39 is 36.7 Å². The minimum Gasteiger partial charge on any atom is -0.466 e. The van der Waals surface area contributed by atoms with Crippen molar-refractivity contribution in [2.45, 2.75) is 53.0 Å². The number of hydrogen-bond acceptors (Lipinski definition) is 9. The van der Waals surface area contributed by atoms with E-state index in [2.05, 4.69) is 33.4 Å². The molecule has 0 amide bonds. The lowest BCUT2D eigenvalue weighted by molar-refractivity contribution is -0.156. The van der Waals surface area contributed by atoms with Crippen molar-refractivity contribution < 1.29 is 42.9 Å². The van der Waals surface area contributed by atoms with E-state index in [1.807, 2.05) is 60.7 Å². The summed E-state index contributed by atoms with van der Waals surface area (Å²) in [6.07, 6.45) is -0.820. The summed E-state index contributed by atoms with van der Waals surface area (Å²) < 4.78 is 31.0. The number of fused-ring (bicyclic) bond motifs is 6. The molecule has 0 aliphatic rings. The fourth-order valence-corrected chi connectivity index (χ4v) is 6.37. The smallest absolute Gasteiger partial charge is 0.317 e. The first-order valence-corrected chi connectivity index (χ1v) is 17.1. The first-order chi connectivity index (χ1) is 24.9. The van der Waals surface area contributed by atoms with Gasteiger partial charge in [-0.05, 0) is 61.4 Å². The van der Waals surface area contributed by atoms with Crippen molar-refractivity contribution in [3.8, 4) is 0 Å². The SMILES string of the molecule is CCOC(=O)CC(=O)OCc1ccc2c(c1)c1ccccc1n2CCOCCn1c2ccccc2c2cc(COC(=O)CC(=O)OCC)ccc21. The van der Waals surface area contributed by atoms with E-state index in [0.29, 0.717) is 26.3 Å². The lowest BCUT2D eigenvalue weighted by atomic mass is 10.1. The maximum Gasteiger partial charge on any atom is 0.317 e. The quantitative estimate of drug-likeness (QED) is 0.0477. The van der Waals surface area contributed by atoms with Crippen LogP contribution < -0.4 is 0 Å². The summed E-state index contributed by atoms with van der Waals surface area (Å²) >= 11 is 0. The Morgan fingerprint density at radius 3 is 1.31 bits per heavy atom. The number of carbonyl (C=O) groups excluding carboxylic acids is 4. The van der Waals surface area contributed by atoms with Gasteiger partial charge in [-0.2, -0.15) is 0 Å². The molecule has 0 aliphatic carbocycles. The molecule has 2 aromatic heterocycles. The molecule has 0 aliphatic heterocycles. The summed E-state index contributed by atoms with van der Waals surface area (Å²) in [5.41, 5.74) is 5.91. The first kappa shape index (κ1) is 35.2. The molecular formula is C40H40N2O9. The second-order valence-electron chi connectivity index (χ2n) is 11.9. The number of esters is 4. The van der Waals surface area contributed by atoms with E-state index in [0.717, 1.165) is 54.7 Å². The standard InChI is InChI=1S/C40H40N2O9/c1-3-48-37(43)23-39(45)50-25-27-13-15-35-31(21-27)29-9-5-7-11-33(29)41(35)17-19-47-20-18-42-34-12-8-6-10-30(34)32-22-28(14-16-36(32)42)26-51-40(46)24-38(44)49-4-2/h5-16,21-22H,3-4,17-20,23-26H2,1-2H3. The topological polar surface area (TPSA) is 124 Å². The van der Waals surface area contributed by atoms with E-state index in [9.17, 15) is 19.2 Å². The van der Waals surface area contributed by atoms with Crippen LogP contribution in [0.4, 0.5) is 0 Å². The third-order valence-electron chi connectivity index (χ3n) is 8.58. The Kier molecular flexibility index (Phi) is 11.3. The van der Waals surface area contributed by atoms with Gasteiger partial charge in [-0.3, -0.25) is 19.2 Å². The predicted molar refractivity (Wildman–Crippen MR) is 192 cm³/mol. The molecule has 0 N–H and O–H groups in total. The van der Waals surface area contributed by atoms with Gasteiger partial charge >= 0.3 is 23.9 Å². The zero-order chi connectivity index (χ0) is 35.7. The number of aromatic nitrogens is 2. The van der Waals surface area contributed by atoms with Crippen LogP contribution in [0.1, 0.15) is 37.8 Å². The molecule has 6 aromatic rings.